The van der Waals surface area contributed by atoms with Crippen LogP contribution >= 0.6 is 11.8 Å². The van der Waals surface area contributed by atoms with Crippen LogP contribution in [0.15, 0.2) is 30.3 Å². The Kier molecular flexibility index (Phi) is 15.5. The maximum Gasteiger partial charge on any atom is 0.261 e. The van der Waals surface area contributed by atoms with Crippen molar-refractivity contribution in [3.05, 3.63) is 41.4 Å². The smallest absolute Gasteiger partial charge is 0.261 e. The minimum atomic E-state index is -2.68. The maximum absolute atomic E-state index is 13.6. The first-order chi connectivity index (χ1) is 20.9. The normalized spacial score (nSPS) is 22.4. The maximum atomic E-state index is 13.6. The predicted octanol–water partition coefficient (Wildman–Crippen LogP) is 3.80. The number of pyridine rings is 1. The molecule has 3 atom stereocenters. The van der Waals surface area contributed by atoms with Crippen molar-refractivity contribution in [3.63, 3.8) is 0 Å². The van der Waals surface area contributed by atoms with Crippen LogP contribution in [0.5, 0.6) is 0 Å². The van der Waals surface area contributed by atoms with Crippen LogP contribution in [0, 0.1) is 17.8 Å². The lowest BCUT2D eigenvalue weighted by atomic mass is 9.95. The second-order valence-electron chi connectivity index (χ2n) is 8.85. The molecule has 0 aromatic carbocycles. The summed E-state index contributed by atoms with van der Waals surface area (Å²) in [6.45, 7) is 13.1. The number of allylic oxidation sites excluding steroid dienone is 1. The second kappa shape index (κ2) is 18.5. The summed E-state index contributed by atoms with van der Waals surface area (Å²) in [5.41, 5.74) is 6.37. The summed E-state index contributed by atoms with van der Waals surface area (Å²) in [6.07, 6.45) is 3.60. The van der Waals surface area contributed by atoms with Crippen molar-refractivity contribution in [1.29, 1.82) is 0 Å². The van der Waals surface area contributed by atoms with Crippen molar-refractivity contribution in [2.45, 2.75) is 77.7 Å². The second-order valence-corrected chi connectivity index (χ2v) is 10.1. The molecule has 1 aromatic heterocycles. The van der Waals surface area contributed by atoms with Gasteiger partial charge in [-0.25, -0.2) is 24.6 Å². The van der Waals surface area contributed by atoms with E-state index in [2.05, 4.69) is 43.6 Å². The Bertz CT molecular complexity index is 1200. The van der Waals surface area contributed by atoms with Crippen LogP contribution in [-0.4, -0.2) is 66.9 Å². The average molecular weight is 622 g/mol. The van der Waals surface area contributed by atoms with E-state index in [1.807, 2.05) is 41.5 Å². The SMILES string of the molecule is CC.CC.CC.COC1=CNC(C(F)F)C=C1c1cc(N2CCNCC2=O)ncc1C(=O)NC1NNC(C#CC2CC2)S1. The third-order valence-corrected chi connectivity index (χ3v) is 7.19. The van der Waals surface area contributed by atoms with Gasteiger partial charge in [0.15, 0.2) is 0 Å². The number of alkyl halides is 2. The van der Waals surface area contributed by atoms with E-state index in [1.54, 1.807) is 6.07 Å². The zero-order valence-electron chi connectivity index (χ0n) is 26.0. The molecule has 3 fully saturated rings. The topological polar surface area (TPSA) is 120 Å². The van der Waals surface area contributed by atoms with E-state index >= 15 is 0 Å². The van der Waals surface area contributed by atoms with Crippen LogP contribution in [0.4, 0.5) is 14.6 Å². The molecular weight excluding hydrogens is 576 g/mol. The van der Waals surface area contributed by atoms with Crippen molar-refractivity contribution in [1.82, 2.24) is 31.8 Å². The molecular formula is C30H45F2N7O3S. The van der Waals surface area contributed by atoms with Crippen molar-refractivity contribution >= 4 is 35.0 Å². The van der Waals surface area contributed by atoms with Crippen LogP contribution in [0.3, 0.4) is 0 Å². The van der Waals surface area contributed by atoms with Crippen molar-refractivity contribution in [3.8, 4) is 11.8 Å². The molecule has 1 aromatic rings. The number of ether oxygens (including phenoxy) is 1. The number of anilines is 1. The first-order valence-electron chi connectivity index (χ1n) is 14.9. The molecule has 5 N–H and O–H groups in total. The Balaban J connectivity index is 0.00000101. The number of hydrogen-bond donors (Lipinski definition) is 5. The lowest BCUT2D eigenvalue weighted by molar-refractivity contribution is -0.118. The number of aromatic nitrogens is 1. The van der Waals surface area contributed by atoms with Crippen molar-refractivity contribution < 1.29 is 23.1 Å². The van der Waals surface area contributed by atoms with Gasteiger partial charge in [0.1, 0.15) is 28.5 Å². The van der Waals surface area contributed by atoms with Crippen LogP contribution in [0.1, 0.15) is 70.3 Å². The van der Waals surface area contributed by atoms with Crippen LogP contribution < -0.4 is 31.7 Å². The largest absolute Gasteiger partial charge is 0.495 e. The van der Waals surface area contributed by atoms with Crippen LogP contribution in [-0.2, 0) is 9.53 Å². The van der Waals surface area contributed by atoms with E-state index < -0.39 is 23.9 Å². The van der Waals surface area contributed by atoms with Gasteiger partial charge < -0.3 is 20.7 Å². The molecule has 43 heavy (non-hydrogen) atoms. The third-order valence-electron chi connectivity index (χ3n) is 6.18. The number of rotatable bonds is 6. The van der Waals surface area contributed by atoms with Gasteiger partial charge >= 0.3 is 0 Å². The third kappa shape index (κ3) is 9.92. The van der Waals surface area contributed by atoms with E-state index in [0.717, 1.165) is 12.8 Å². The average Bonchev–Trinajstić information content (AvgIpc) is 3.79. The Morgan fingerprint density at radius 3 is 2.51 bits per heavy atom. The first-order valence-corrected chi connectivity index (χ1v) is 15.9. The number of thioether (sulfide) groups is 1. The van der Waals surface area contributed by atoms with E-state index in [0.29, 0.717) is 36.0 Å². The summed E-state index contributed by atoms with van der Waals surface area (Å²) >= 11 is 1.41. The number of hydrazine groups is 1. The van der Waals surface area contributed by atoms with Crippen LogP contribution in [0.2, 0.25) is 0 Å². The molecule has 0 bridgehead atoms. The molecule has 0 radical (unpaired) electrons. The summed E-state index contributed by atoms with van der Waals surface area (Å²) in [5.74, 6) is 6.77. The molecule has 3 aliphatic heterocycles. The highest BCUT2D eigenvalue weighted by Crippen LogP contribution is 2.33. The highest BCUT2D eigenvalue weighted by atomic mass is 32.2. The van der Waals surface area contributed by atoms with Gasteiger partial charge in [-0.05, 0) is 25.0 Å². The summed E-state index contributed by atoms with van der Waals surface area (Å²) in [6, 6.07) is 0.298. The van der Waals surface area contributed by atoms with E-state index in [9.17, 15) is 18.4 Å². The Labute approximate surface area is 258 Å². The van der Waals surface area contributed by atoms with Gasteiger partial charge in [-0.3, -0.25) is 14.5 Å². The van der Waals surface area contributed by atoms with Gasteiger partial charge in [0.25, 0.3) is 12.3 Å². The highest BCUT2D eigenvalue weighted by Gasteiger charge is 2.31. The minimum Gasteiger partial charge on any atom is -0.495 e. The molecule has 1 saturated carbocycles. The highest BCUT2D eigenvalue weighted by molar-refractivity contribution is 8.00. The molecule has 4 aliphatic rings. The number of piperazine rings is 1. The lowest BCUT2D eigenvalue weighted by Crippen LogP contribution is -2.48. The number of hydrogen-bond acceptors (Lipinski definition) is 9. The zero-order chi connectivity index (χ0) is 31.9. The fourth-order valence-corrected chi connectivity index (χ4v) is 4.91. The molecule has 13 heteroatoms. The standard InChI is InChI=1S/C24H27F2N7O3S.3C2H6/c1-36-18-11-28-17(22(25)26)8-15(18)14-9-19(33-7-6-27-12-21(33)34)29-10-16(14)23(35)30-24-32-31-20(37-24)5-4-13-2-3-13;3*1-2/h8-11,13,17,20,22,24,27-28,31-32H,2-3,6-7,12H2,1H3,(H,30,35);3*1-2H3. The quantitative estimate of drug-likeness (QED) is 0.302. The first kappa shape index (κ1) is 36.0. The molecule has 2 saturated heterocycles. The Morgan fingerprint density at radius 1 is 1.16 bits per heavy atom. The number of dihydropyridines is 1. The van der Waals surface area contributed by atoms with Crippen molar-refractivity contribution in [2.24, 2.45) is 5.92 Å². The van der Waals surface area contributed by atoms with Gasteiger partial charge in [-0.2, -0.15) is 0 Å². The minimum absolute atomic E-state index is 0.158. The number of carbonyl (C=O) groups excluding carboxylic acids is 2. The molecule has 2 amide bonds. The van der Waals surface area contributed by atoms with E-state index in [-0.39, 0.29) is 29.1 Å². The molecule has 3 unspecified atom stereocenters. The number of nitrogens with zero attached hydrogens (tertiary/aromatic N) is 2. The molecule has 4 heterocycles. The van der Waals surface area contributed by atoms with Gasteiger partial charge in [-0.15, -0.1) is 0 Å². The predicted molar refractivity (Wildman–Crippen MR) is 169 cm³/mol. The number of amides is 2. The monoisotopic (exact) mass is 621 g/mol. The summed E-state index contributed by atoms with van der Waals surface area (Å²) in [4.78, 5) is 31.8. The summed E-state index contributed by atoms with van der Waals surface area (Å²) in [7, 11) is 1.42. The molecule has 238 valence electrons. The van der Waals surface area contributed by atoms with E-state index in [4.69, 9.17) is 4.74 Å². The van der Waals surface area contributed by atoms with Gasteiger partial charge in [0.2, 0.25) is 5.91 Å². The van der Waals surface area contributed by atoms with E-state index in [1.165, 1.54) is 42.2 Å². The van der Waals surface area contributed by atoms with Gasteiger partial charge in [0, 0.05) is 42.5 Å². The lowest BCUT2D eigenvalue weighted by Gasteiger charge is -2.28. The van der Waals surface area contributed by atoms with Crippen LogP contribution in [0.25, 0.3) is 5.57 Å². The molecule has 5 rings (SSSR count). The Hall–Kier alpha value is -3.18. The number of nitrogens with one attached hydrogen (secondary N) is 5. The summed E-state index contributed by atoms with van der Waals surface area (Å²) < 4.78 is 32.6. The number of methoxy groups -OCH3 is 1. The fraction of sp³-hybridized carbons (Fsp3) is 0.567. The van der Waals surface area contributed by atoms with Crippen molar-refractivity contribution in [2.75, 3.05) is 31.6 Å². The van der Waals surface area contributed by atoms with Gasteiger partial charge in [0.05, 0.1) is 19.2 Å². The molecule has 0 spiro atoms. The summed E-state index contributed by atoms with van der Waals surface area (Å²) in [5, 5.41) is 8.31. The molecule has 1 aliphatic carbocycles. The fourth-order valence-electron chi connectivity index (χ4n) is 4.05. The molecule has 10 nitrogen and oxygen atoms in total. The number of halogens is 2. The zero-order valence-corrected chi connectivity index (χ0v) is 26.8. The number of carbonyl (C=O) groups is 2. The Morgan fingerprint density at radius 2 is 1.88 bits per heavy atom. The van der Waals surface area contributed by atoms with Gasteiger partial charge in [-0.1, -0.05) is 65.1 Å².